The van der Waals surface area contributed by atoms with E-state index in [9.17, 15) is 4.79 Å². The summed E-state index contributed by atoms with van der Waals surface area (Å²) < 4.78 is 7.60. The second-order valence-electron chi connectivity index (χ2n) is 0.373. The molecule has 0 amide bonds. The van der Waals surface area contributed by atoms with Gasteiger partial charge in [-0.3, -0.25) is 0 Å². The van der Waals surface area contributed by atoms with Gasteiger partial charge in [0.05, 0.1) is 0 Å². The number of hydrogen-bond acceptors (Lipinski definition) is 3. The van der Waals surface area contributed by atoms with Gasteiger partial charge in [0.15, 0.2) is 0 Å². The average Bonchev–Trinajstić information content (AvgIpc) is 1.65. The van der Waals surface area contributed by atoms with E-state index in [1.54, 1.807) is 0 Å². The molecule has 0 bridgehead atoms. The van der Waals surface area contributed by atoms with Gasteiger partial charge in [0.2, 0.25) is 0 Å². The zero-order valence-corrected chi connectivity index (χ0v) is 8.03. The standard InChI is InChI=1S/CH2O3.2Ag.HI/c2-1(3)4;;;/h(H2,2,3,4);;;1H/q;2*+1;/p-2. The van der Waals surface area contributed by atoms with Crippen LogP contribution in [-0.2, 0) is 49.4 Å². The van der Waals surface area contributed by atoms with E-state index in [0.29, 0.717) is 0 Å². The zero-order chi connectivity index (χ0) is 4.99. The van der Waals surface area contributed by atoms with Crippen molar-refractivity contribution in [2.24, 2.45) is 0 Å². The van der Waals surface area contributed by atoms with Crippen molar-refractivity contribution < 1.29 is 54.2 Å². The monoisotopic (exact) mass is 402 g/mol. The molecule has 0 fully saturated rings. The Morgan fingerprint density at radius 2 is 1.57 bits per heavy atom. The molecule has 0 aromatic heterocycles. The maximum absolute atomic E-state index is 9.64. The molecule has 0 saturated carbocycles. The van der Waals surface area contributed by atoms with Crippen LogP contribution in [0.4, 0.5) is 4.79 Å². The molecule has 0 aliphatic heterocycles. The van der Waals surface area contributed by atoms with Crippen molar-refractivity contribution in [1.29, 1.82) is 0 Å². The van der Waals surface area contributed by atoms with Gasteiger partial charge in [0.1, 0.15) is 0 Å². The van der Waals surface area contributed by atoms with E-state index >= 15 is 0 Å². The molecule has 6 heteroatoms. The van der Waals surface area contributed by atoms with Gasteiger partial charge in [-0.15, -0.1) is 24.0 Å². The average molecular weight is 404 g/mol. The van der Waals surface area contributed by atoms with Gasteiger partial charge >= 0.3 is 60.4 Å². The molecular formula is CHAg2IO3. The Hall–Kier alpha value is 1.48. The fraction of sp³-hybridized carbons (Fsp3) is 0. The number of halogens is 1. The molecular weight excluding hydrogens is 403 g/mol. The van der Waals surface area contributed by atoms with E-state index in [1.807, 2.05) is 0 Å². The van der Waals surface area contributed by atoms with E-state index in [2.05, 4.69) is 49.4 Å². The Balaban J connectivity index is 0. The van der Waals surface area contributed by atoms with Crippen LogP contribution in [0.2, 0.25) is 0 Å². The molecule has 7 heavy (non-hydrogen) atoms. The van der Waals surface area contributed by atoms with Crippen LogP contribution in [0.25, 0.3) is 0 Å². The van der Waals surface area contributed by atoms with E-state index in [4.69, 9.17) is 0 Å². The summed E-state index contributed by atoms with van der Waals surface area (Å²) in [4.78, 5) is 9.64. The molecule has 0 N–H and O–H groups in total. The maximum atomic E-state index is 9.64. The van der Waals surface area contributed by atoms with Gasteiger partial charge in [-0.2, -0.15) is 0 Å². The van der Waals surface area contributed by atoms with Crippen molar-refractivity contribution in [1.82, 2.24) is 0 Å². The minimum atomic E-state index is -0.826. The number of carbonyl (C=O) groups is 1. The first-order chi connectivity index (χ1) is 2.81. The van der Waals surface area contributed by atoms with Crippen LogP contribution >= 0.6 is 24.0 Å². The number of rotatable bonds is 0. The van der Waals surface area contributed by atoms with Crippen LogP contribution < -0.4 is 0 Å². The van der Waals surface area contributed by atoms with Gasteiger partial charge in [-0.1, -0.05) is 0 Å². The van der Waals surface area contributed by atoms with Crippen LogP contribution in [-0.4, -0.2) is 6.16 Å². The molecule has 3 nitrogen and oxygen atoms in total. The summed E-state index contributed by atoms with van der Waals surface area (Å²) in [6, 6.07) is 0. The normalized spacial score (nSPS) is 6.29. The van der Waals surface area contributed by atoms with Gasteiger partial charge in [0.25, 0.3) is 0 Å². The Morgan fingerprint density at radius 1 is 1.29 bits per heavy atom. The Kier molecular flexibility index (Phi) is 12.1. The molecule has 0 aromatic carbocycles. The van der Waals surface area contributed by atoms with Crippen LogP contribution in [0, 0.1) is 0 Å². The van der Waals surface area contributed by atoms with Gasteiger partial charge < -0.3 is 0 Å². The number of hydrogen-bond donors (Lipinski definition) is 0. The molecule has 52 valence electrons. The number of carbonyl (C=O) groups excluding carboxylic acids is 1. The van der Waals surface area contributed by atoms with Crippen molar-refractivity contribution >= 4 is 30.1 Å². The predicted octanol–water partition coefficient (Wildman–Crippen LogP) is 0.681. The Bertz CT molecular complexity index is 50.9. The van der Waals surface area contributed by atoms with Gasteiger partial charge in [-0.25, -0.2) is 0 Å². The molecule has 0 aliphatic carbocycles. The van der Waals surface area contributed by atoms with Crippen LogP contribution in [0.1, 0.15) is 0 Å². The Morgan fingerprint density at radius 3 is 1.57 bits per heavy atom. The zero-order valence-electron chi connectivity index (χ0n) is 2.74. The molecule has 0 saturated heterocycles. The quantitative estimate of drug-likeness (QED) is 0.441. The van der Waals surface area contributed by atoms with Crippen molar-refractivity contribution in [3.8, 4) is 0 Å². The summed E-state index contributed by atoms with van der Waals surface area (Å²) in [6.45, 7) is 0. The third kappa shape index (κ3) is 7.48. The van der Waals surface area contributed by atoms with Crippen molar-refractivity contribution in [3.05, 3.63) is 0 Å². The Labute approximate surface area is 83.3 Å². The summed E-state index contributed by atoms with van der Waals surface area (Å²) >= 11 is 4.77. The van der Waals surface area contributed by atoms with Crippen LogP contribution in [0.5, 0.6) is 0 Å². The second kappa shape index (κ2) is 7.48. The third-order valence-electron chi connectivity index (χ3n) is 0.101. The van der Waals surface area contributed by atoms with E-state index < -0.39 is 6.16 Å². The summed E-state index contributed by atoms with van der Waals surface area (Å²) in [5.41, 5.74) is 0. The van der Waals surface area contributed by atoms with Gasteiger partial charge in [0, 0.05) is 0 Å². The summed E-state index contributed by atoms with van der Waals surface area (Å²) in [6.07, 6.45) is -0.826. The first kappa shape index (κ1) is 11.3. The second-order valence-corrected chi connectivity index (χ2v) is 0.978. The topological polar surface area (TPSA) is 35.5 Å². The van der Waals surface area contributed by atoms with Gasteiger partial charge in [-0.05, 0) is 0 Å². The van der Waals surface area contributed by atoms with E-state index in [1.165, 1.54) is 0 Å². The van der Waals surface area contributed by atoms with E-state index in [0.717, 1.165) is 0 Å². The van der Waals surface area contributed by atoms with Crippen molar-refractivity contribution in [2.45, 2.75) is 0 Å². The molecule has 0 atom stereocenters. The summed E-state index contributed by atoms with van der Waals surface area (Å²) in [5, 5.41) is 0. The SMILES string of the molecule is I.O=C([O][Ag])[O][Ag]. The fourth-order valence-electron chi connectivity index (χ4n) is 0.00758. The third-order valence-corrected chi connectivity index (χ3v) is 0.595. The van der Waals surface area contributed by atoms with Crippen molar-refractivity contribution in [2.75, 3.05) is 0 Å². The summed E-state index contributed by atoms with van der Waals surface area (Å²) in [7, 11) is 0. The molecule has 0 spiro atoms. The first-order valence-corrected chi connectivity index (χ1v) is 2.07. The summed E-state index contributed by atoms with van der Waals surface area (Å²) in [5.74, 6) is 0. The van der Waals surface area contributed by atoms with E-state index in [-0.39, 0.29) is 24.0 Å². The predicted molar refractivity (Wildman–Crippen MR) is 23.0 cm³/mol. The van der Waals surface area contributed by atoms with Crippen LogP contribution in [0.15, 0.2) is 0 Å². The molecule has 0 unspecified atom stereocenters. The van der Waals surface area contributed by atoms with Crippen LogP contribution in [0.3, 0.4) is 0 Å². The minimum absolute atomic E-state index is 0. The molecule has 0 aliphatic rings. The molecule has 0 rings (SSSR count). The fourth-order valence-corrected chi connectivity index (χ4v) is 0.265. The molecule has 0 heterocycles. The first-order valence-electron chi connectivity index (χ1n) is 0.859. The molecule has 0 aromatic rings. The van der Waals surface area contributed by atoms with Crippen molar-refractivity contribution in [3.63, 3.8) is 0 Å². The molecule has 0 radical (unpaired) electrons.